The lowest BCUT2D eigenvalue weighted by molar-refractivity contribution is -0.125. The van der Waals surface area contributed by atoms with Gasteiger partial charge in [-0.2, -0.15) is 0 Å². The van der Waals surface area contributed by atoms with Crippen molar-refractivity contribution in [3.8, 4) is 0 Å². The van der Waals surface area contributed by atoms with Crippen LogP contribution in [0.2, 0.25) is 0 Å². The molecule has 25 heavy (non-hydrogen) atoms. The van der Waals surface area contributed by atoms with Gasteiger partial charge in [0.25, 0.3) is 0 Å². The zero-order valence-electron chi connectivity index (χ0n) is 13.4. The molecule has 2 aromatic rings. The summed E-state index contributed by atoms with van der Waals surface area (Å²) in [5, 5.41) is 0.841. The maximum absolute atomic E-state index is 12.6. The van der Waals surface area contributed by atoms with Crippen molar-refractivity contribution >= 4 is 44.5 Å². The molecule has 5 rings (SSSR count). The Labute approximate surface area is 159 Å². The van der Waals surface area contributed by atoms with Crippen LogP contribution in [0.3, 0.4) is 0 Å². The van der Waals surface area contributed by atoms with Crippen LogP contribution in [0.25, 0.3) is 5.70 Å². The van der Waals surface area contributed by atoms with Gasteiger partial charge in [-0.3, -0.25) is 9.69 Å². The molecule has 1 saturated heterocycles. The van der Waals surface area contributed by atoms with Crippen molar-refractivity contribution in [3.63, 3.8) is 0 Å². The van der Waals surface area contributed by atoms with Gasteiger partial charge in [0.1, 0.15) is 0 Å². The second-order valence-electron chi connectivity index (χ2n) is 6.43. The molecule has 3 nitrogen and oxygen atoms in total. The highest BCUT2D eigenvalue weighted by molar-refractivity contribution is 9.10. The van der Waals surface area contributed by atoms with Crippen molar-refractivity contribution in [2.45, 2.75) is 18.9 Å². The number of carbonyl (C=O) groups excluding carboxylic acids is 1. The molecule has 0 aromatic heterocycles. The Morgan fingerprint density at radius 3 is 2.72 bits per heavy atom. The highest BCUT2D eigenvalue weighted by atomic mass is 79.9. The predicted molar refractivity (Wildman–Crippen MR) is 105 cm³/mol. The maximum atomic E-state index is 12.6. The number of halogens is 1. The fourth-order valence-electron chi connectivity index (χ4n) is 3.89. The van der Waals surface area contributed by atoms with Crippen LogP contribution in [-0.2, 0) is 11.2 Å². The first-order valence-electron chi connectivity index (χ1n) is 8.33. The van der Waals surface area contributed by atoms with Crippen LogP contribution in [0.15, 0.2) is 63.6 Å². The average molecular weight is 411 g/mol. The molecule has 2 aromatic carbocycles. The summed E-state index contributed by atoms with van der Waals surface area (Å²) in [6.45, 7) is 0. The molecular weight excluding hydrogens is 396 g/mol. The van der Waals surface area contributed by atoms with E-state index in [4.69, 9.17) is 4.99 Å². The van der Waals surface area contributed by atoms with Crippen molar-refractivity contribution in [1.29, 1.82) is 0 Å². The van der Waals surface area contributed by atoms with Crippen LogP contribution in [0.5, 0.6) is 0 Å². The molecule has 1 fully saturated rings. The molecule has 1 atom stereocenters. The molecule has 2 heterocycles. The number of nitrogens with zero attached hydrogens (tertiary/aromatic N) is 2. The van der Waals surface area contributed by atoms with Crippen LogP contribution in [0.4, 0.5) is 0 Å². The molecule has 0 radical (unpaired) electrons. The van der Waals surface area contributed by atoms with Gasteiger partial charge >= 0.3 is 0 Å². The largest absolute Gasteiger partial charge is 0.279 e. The monoisotopic (exact) mass is 410 g/mol. The normalized spacial score (nSPS) is 21.6. The molecular formula is C20H15BrN2OS. The van der Waals surface area contributed by atoms with Gasteiger partial charge in [0.2, 0.25) is 5.91 Å². The van der Waals surface area contributed by atoms with E-state index in [0.29, 0.717) is 5.75 Å². The van der Waals surface area contributed by atoms with E-state index in [1.54, 1.807) is 11.8 Å². The first-order chi connectivity index (χ1) is 12.2. The Hall–Kier alpha value is -1.85. The number of benzene rings is 2. The van der Waals surface area contributed by atoms with E-state index in [-0.39, 0.29) is 11.9 Å². The van der Waals surface area contributed by atoms with Crippen LogP contribution >= 0.6 is 27.7 Å². The minimum absolute atomic E-state index is 0.0357. The van der Waals surface area contributed by atoms with Crippen molar-refractivity contribution in [3.05, 3.63) is 75.3 Å². The lowest BCUT2D eigenvalue weighted by atomic mass is 9.82. The fourth-order valence-corrected chi connectivity index (χ4v) is 5.05. The summed E-state index contributed by atoms with van der Waals surface area (Å²) < 4.78 is 1.05. The minimum atomic E-state index is -0.0357. The van der Waals surface area contributed by atoms with E-state index < -0.39 is 0 Å². The molecule has 3 aliphatic rings. The standard InChI is InChI=1S/C20H15BrN2OS/c21-14-8-5-13(6-9-14)19-16-10-7-12-3-1-2-4-15(12)18(16)22-20-23(19)17(24)11-25-20/h1-6,8-9,19H,7,10-11H2. The number of amidine groups is 1. The Morgan fingerprint density at radius 2 is 1.88 bits per heavy atom. The number of hydrogen-bond acceptors (Lipinski definition) is 3. The molecule has 0 bridgehead atoms. The summed E-state index contributed by atoms with van der Waals surface area (Å²) in [5.74, 6) is 0.635. The molecule has 2 aliphatic heterocycles. The summed E-state index contributed by atoms with van der Waals surface area (Å²) >= 11 is 5.06. The number of fused-ring (bicyclic) bond motifs is 3. The quantitative estimate of drug-likeness (QED) is 0.676. The highest BCUT2D eigenvalue weighted by Gasteiger charge is 2.42. The van der Waals surface area contributed by atoms with Crippen LogP contribution in [0, 0.1) is 0 Å². The number of thioether (sulfide) groups is 1. The van der Waals surface area contributed by atoms with Gasteiger partial charge in [0.05, 0.1) is 17.5 Å². The van der Waals surface area contributed by atoms with E-state index in [1.165, 1.54) is 16.7 Å². The van der Waals surface area contributed by atoms with E-state index in [2.05, 4.69) is 52.3 Å². The second kappa shape index (κ2) is 5.85. The second-order valence-corrected chi connectivity index (χ2v) is 8.29. The van der Waals surface area contributed by atoms with Gasteiger partial charge < -0.3 is 0 Å². The average Bonchev–Trinajstić information content (AvgIpc) is 3.01. The maximum Gasteiger partial charge on any atom is 0.239 e. The third kappa shape index (κ3) is 2.41. The fraction of sp³-hybridized carbons (Fsp3) is 0.200. The number of carbonyl (C=O) groups is 1. The Kier molecular flexibility index (Phi) is 3.61. The minimum Gasteiger partial charge on any atom is -0.279 e. The number of rotatable bonds is 1. The molecule has 124 valence electrons. The summed E-state index contributed by atoms with van der Waals surface area (Å²) in [6.07, 6.45) is 1.94. The van der Waals surface area contributed by atoms with Gasteiger partial charge in [0.15, 0.2) is 5.17 Å². The van der Waals surface area contributed by atoms with Crippen molar-refractivity contribution in [2.24, 2.45) is 4.99 Å². The van der Waals surface area contributed by atoms with Gasteiger partial charge in [-0.1, -0.05) is 64.1 Å². The van der Waals surface area contributed by atoms with Crippen LogP contribution in [0.1, 0.15) is 29.2 Å². The van der Waals surface area contributed by atoms with E-state index >= 15 is 0 Å². The molecule has 1 unspecified atom stereocenters. The Bertz CT molecular complexity index is 948. The molecule has 1 aliphatic carbocycles. The van der Waals surface area contributed by atoms with Gasteiger partial charge in [-0.25, -0.2) is 4.99 Å². The predicted octanol–water partition coefficient (Wildman–Crippen LogP) is 4.79. The SMILES string of the molecule is O=C1CSC2=NC3=C(CCc4ccccc43)C(c3ccc(Br)cc3)N12. The Morgan fingerprint density at radius 1 is 1.08 bits per heavy atom. The Balaban J connectivity index is 1.73. The summed E-state index contributed by atoms with van der Waals surface area (Å²) in [7, 11) is 0. The number of aryl methyl sites for hydroxylation is 1. The van der Waals surface area contributed by atoms with E-state index in [0.717, 1.165) is 33.7 Å². The highest BCUT2D eigenvalue weighted by Crippen LogP contribution is 2.47. The zero-order valence-corrected chi connectivity index (χ0v) is 15.8. The molecule has 5 heteroatoms. The first-order valence-corrected chi connectivity index (χ1v) is 10.1. The first kappa shape index (κ1) is 15.4. The van der Waals surface area contributed by atoms with Crippen molar-refractivity contribution < 1.29 is 4.79 Å². The zero-order chi connectivity index (χ0) is 17.0. The smallest absolute Gasteiger partial charge is 0.239 e. The van der Waals surface area contributed by atoms with Crippen LogP contribution in [-0.4, -0.2) is 21.7 Å². The molecule has 0 saturated carbocycles. The van der Waals surface area contributed by atoms with Crippen molar-refractivity contribution in [1.82, 2.24) is 4.90 Å². The number of aliphatic imine (C=N–C) groups is 1. The molecule has 1 amide bonds. The molecule has 0 N–H and O–H groups in total. The van der Waals surface area contributed by atoms with Gasteiger partial charge in [0, 0.05) is 10.0 Å². The lowest BCUT2D eigenvalue weighted by Gasteiger charge is -2.37. The van der Waals surface area contributed by atoms with Gasteiger partial charge in [-0.05, 0) is 41.7 Å². The summed E-state index contributed by atoms with van der Waals surface area (Å²) in [5.41, 5.74) is 6.06. The van der Waals surface area contributed by atoms with Crippen LogP contribution < -0.4 is 0 Å². The number of amides is 1. The third-order valence-corrected chi connectivity index (χ3v) is 6.49. The topological polar surface area (TPSA) is 32.7 Å². The summed E-state index contributed by atoms with van der Waals surface area (Å²) in [4.78, 5) is 19.4. The number of hydrogen-bond donors (Lipinski definition) is 0. The van der Waals surface area contributed by atoms with E-state index in [1.807, 2.05) is 17.0 Å². The third-order valence-electron chi connectivity index (χ3n) is 5.02. The van der Waals surface area contributed by atoms with Crippen molar-refractivity contribution in [2.75, 3.05) is 5.75 Å². The van der Waals surface area contributed by atoms with Gasteiger partial charge in [-0.15, -0.1) is 0 Å². The lowest BCUT2D eigenvalue weighted by Crippen LogP contribution is -2.38. The molecule has 0 spiro atoms. The summed E-state index contributed by atoms with van der Waals surface area (Å²) in [6, 6.07) is 16.8. The van der Waals surface area contributed by atoms with E-state index in [9.17, 15) is 4.79 Å².